The van der Waals surface area contributed by atoms with Crippen molar-refractivity contribution in [2.45, 2.75) is 13.1 Å². The van der Waals surface area contributed by atoms with Crippen molar-refractivity contribution < 1.29 is 14.7 Å². The topological polar surface area (TPSA) is 57.6 Å². The molecule has 0 saturated heterocycles. The van der Waals surface area contributed by atoms with E-state index in [4.69, 9.17) is 5.11 Å². The summed E-state index contributed by atoms with van der Waals surface area (Å²) >= 11 is 0. The molecule has 1 heterocycles. The van der Waals surface area contributed by atoms with E-state index in [1.54, 1.807) is 12.1 Å². The molecule has 2 rings (SSSR count). The molecule has 0 spiro atoms. The van der Waals surface area contributed by atoms with Gasteiger partial charge in [0.2, 0.25) is 0 Å². The van der Waals surface area contributed by atoms with Crippen LogP contribution in [0, 0.1) is 0 Å². The summed E-state index contributed by atoms with van der Waals surface area (Å²) in [6, 6.07) is 5.33. The molecule has 0 fully saturated rings. The first kappa shape index (κ1) is 8.74. The number of hydrogen-bond donors (Lipinski definition) is 1. The Labute approximate surface area is 80.8 Å². The van der Waals surface area contributed by atoms with Crippen LogP contribution in [0.3, 0.4) is 0 Å². The standard InChI is InChI=1S/C10H9NO3/c12-6-8-3-1-2-7-4-11(10(13)14)5-9(7)8/h1-3,6H,4-5H2,(H,13,14). The molecule has 0 unspecified atom stereocenters. The van der Waals surface area contributed by atoms with Crippen molar-refractivity contribution in [1.29, 1.82) is 0 Å². The van der Waals surface area contributed by atoms with Gasteiger partial charge in [-0.3, -0.25) is 9.69 Å². The molecule has 0 atom stereocenters. The molecule has 1 aliphatic heterocycles. The largest absolute Gasteiger partial charge is 0.465 e. The number of nitrogens with zero attached hydrogens (tertiary/aromatic N) is 1. The highest BCUT2D eigenvalue weighted by Gasteiger charge is 2.24. The van der Waals surface area contributed by atoms with E-state index in [0.717, 1.165) is 17.4 Å². The zero-order chi connectivity index (χ0) is 10.1. The van der Waals surface area contributed by atoms with Gasteiger partial charge in [0.15, 0.2) is 0 Å². The third kappa shape index (κ3) is 1.25. The van der Waals surface area contributed by atoms with E-state index in [-0.39, 0.29) is 0 Å². The van der Waals surface area contributed by atoms with Crippen molar-refractivity contribution in [2.24, 2.45) is 0 Å². The zero-order valence-corrected chi connectivity index (χ0v) is 7.43. The first-order chi connectivity index (χ1) is 6.72. The smallest absolute Gasteiger partial charge is 0.407 e. The Morgan fingerprint density at radius 3 is 2.86 bits per heavy atom. The molecule has 4 nitrogen and oxygen atoms in total. The third-order valence-electron chi connectivity index (χ3n) is 2.42. The minimum Gasteiger partial charge on any atom is -0.465 e. The molecule has 0 radical (unpaired) electrons. The minimum absolute atomic E-state index is 0.319. The quantitative estimate of drug-likeness (QED) is 0.684. The number of carbonyl (C=O) groups is 2. The van der Waals surface area contributed by atoms with Crippen LogP contribution in [-0.4, -0.2) is 22.4 Å². The lowest BCUT2D eigenvalue weighted by Gasteiger charge is -2.08. The summed E-state index contributed by atoms with van der Waals surface area (Å²) in [6.45, 7) is 0.700. The molecule has 1 aromatic carbocycles. The van der Waals surface area contributed by atoms with Crippen molar-refractivity contribution in [3.63, 3.8) is 0 Å². The average Bonchev–Trinajstić information content (AvgIpc) is 2.60. The van der Waals surface area contributed by atoms with Crippen LogP contribution in [0.25, 0.3) is 0 Å². The summed E-state index contributed by atoms with van der Waals surface area (Å²) in [5.74, 6) is 0. The second-order valence-electron chi connectivity index (χ2n) is 3.24. The van der Waals surface area contributed by atoms with Crippen LogP contribution in [0.4, 0.5) is 4.79 Å². The lowest BCUT2D eigenvalue weighted by molar-refractivity contribution is 0.112. The summed E-state index contributed by atoms with van der Waals surface area (Å²) in [7, 11) is 0. The lowest BCUT2D eigenvalue weighted by Crippen LogP contribution is -2.22. The number of benzene rings is 1. The summed E-state index contributed by atoms with van der Waals surface area (Å²) in [4.78, 5) is 22.7. The van der Waals surface area contributed by atoms with Gasteiger partial charge in [-0.1, -0.05) is 18.2 Å². The number of hydrogen-bond acceptors (Lipinski definition) is 2. The zero-order valence-electron chi connectivity index (χ0n) is 7.43. The Bertz CT molecular complexity index is 400. The van der Waals surface area contributed by atoms with Crippen LogP contribution in [0.1, 0.15) is 21.5 Å². The second kappa shape index (κ2) is 3.14. The molecular weight excluding hydrogens is 182 g/mol. The van der Waals surface area contributed by atoms with Gasteiger partial charge in [0.05, 0.1) is 6.54 Å². The maximum atomic E-state index is 10.7. The molecule has 0 saturated carbocycles. The highest BCUT2D eigenvalue weighted by atomic mass is 16.4. The molecule has 1 aromatic rings. The maximum Gasteiger partial charge on any atom is 0.407 e. The number of amides is 1. The fourth-order valence-electron chi connectivity index (χ4n) is 1.69. The normalized spacial score (nSPS) is 13.9. The first-order valence-corrected chi connectivity index (χ1v) is 4.26. The van der Waals surface area contributed by atoms with Gasteiger partial charge >= 0.3 is 6.09 Å². The van der Waals surface area contributed by atoms with Crippen LogP contribution >= 0.6 is 0 Å². The molecule has 0 aromatic heterocycles. The highest BCUT2D eigenvalue weighted by Crippen LogP contribution is 2.24. The van der Waals surface area contributed by atoms with Crippen molar-refractivity contribution in [3.05, 3.63) is 34.9 Å². The Morgan fingerprint density at radius 1 is 1.43 bits per heavy atom. The van der Waals surface area contributed by atoms with Gasteiger partial charge in [0, 0.05) is 12.1 Å². The van der Waals surface area contributed by atoms with Crippen LogP contribution in [-0.2, 0) is 13.1 Å². The summed E-state index contributed by atoms with van der Waals surface area (Å²) in [5, 5.41) is 8.79. The van der Waals surface area contributed by atoms with Crippen molar-refractivity contribution in [2.75, 3.05) is 0 Å². The number of carboxylic acid groups (broad SMARTS) is 1. The molecular formula is C10H9NO3. The van der Waals surface area contributed by atoms with Crippen molar-refractivity contribution in [1.82, 2.24) is 4.90 Å². The van der Waals surface area contributed by atoms with Crippen molar-refractivity contribution >= 4 is 12.4 Å². The van der Waals surface area contributed by atoms with Crippen LogP contribution in [0.2, 0.25) is 0 Å². The predicted octanol–water partition coefficient (Wildman–Crippen LogP) is 1.49. The van der Waals surface area contributed by atoms with Gasteiger partial charge in [0.25, 0.3) is 0 Å². The molecule has 0 aliphatic carbocycles. The van der Waals surface area contributed by atoms with Gasteiger partial charge in [-0.25, -0.2) is 4.79 Å². The number of aldehydes is 1. The highest BCUT2D eigenvalue weighted by molar-refractivity contribution is 5.79. The fourth-order valence-corrected chi connectivity index (χ4v) is 1.69. The first-order valence-electron chi connectivity index (χ1n) is 4.26. The molecule has 14 heavy (non-hydrogen) atoms. The fraction of sp³-hybridized carbons (Fsp3) is 0.200. The Kier molecular flexibility index (Phi) is 1.96. The minimum atomic E-state index is -0.946. The Morgan fingerprint density at radius 2 is 2.21 bits per heavy atom. The number of rotatable bonds is 1. The van der Waals surface area contributed by atoms with Gasteiger partial charge in [-0.2, -0.15) is 0 Å². The van der Waals surface area contributed by atoms with Gasteiger partial charge in [-0.05, 0) is 11.1 Å². The second-order valence-corrected chi connectivity index (χ2v) is 3.24. The van der Waals surface area contributed by atoms with E-state index in [1.807, 2.05) is 6.07 Å². The molecule has 1 aliphatic rings. The molecule has 72 valence electrons. The number of carbonyl (C=O) groups excluding carboxylic acids is 1. The van der Waals surface area contributed by atoms with E-state index in [9.17, 15) is 9.59 Å². The van der Waals surface area contributed by atoms with Crippen LogP contribution < -0.4 is 0 Å². The molecule has 1 amide bonds. The predicted molar refractivity (Wildman–Crippen MR) is 49.1 cm³/mol. The summed E-state index contributed by atoms with van der Waals surface area (Å²) in [6.07, 6.45) is -0.178. The van der Waals surface area contributed by atoms with Crippen LogP contribution in [0.15, 0.2) is 18.2 Å². The van der Waals surface area contributed by atoms with E-state index < -0.39 is 6.09 Å². The lowest BCUT2D eigenvalue weighted by atomic mass is 10.1. The average molecular weight is 191 g/mol. The Balaban J connectivity index is 2.39. The monoisotopic (exact) mass is 191 g/mol. The van der Waals surface area contributed by atoms with Crippen molar-refractivity contribution in [3.8, 4) is 0 Å². The van der Waals surface area contributed by atoms with Gasteiger partial charge in [0.1, 0.15) is 6.29 Å². The number of fused-ring (bicyclic) bond motifs is 1. The van der Waals surface area contributed by atoms with E-state index >= 15 is 0 Å². The van der Waals surface area contributed by atoms with Crippen LogP contribution in [0.5, 0.6) is 0 Å². The summed E-state index contributed by atoms with van der Waals surface area (Å²) in [5.41, 5.74) is 2.35. The van der Waals surface area contributed by atoms with E-state index in [1.165, 1.54) is 4.90 Å². The van der Waals surface area contributed by atoms with E-state index in [0.29, 0.717) is 18.7 Å². The van der Waals surface area contributed by atoms with E-state index in [2.05, 4.69) is 0 Å². The summed E-state index contributed by atoms with van der Waals surface area (Å²) < 4.78 is 0. The molecule has 4 heteroatoms. The van der Waals surface area contributed by atoms with Gasteiger partial charge in [-0.15, -0.1) is 0 Å². The molecule has 1 N–H and O–H groups in total. The SMILES string of the molecule is O=Cc1cccc2c1CN(C(=O)O)C2. The maximum absolute atomic E-state index is 10.7. The third-order valence-corrected chi connectivity index (χ3v) is 2.42. The van der Waals surface area contributed by atoms with Gasteiger partial charge < -0.3 is 5.11 Å². The Hall–Kier alpha value is -1.84. The molecule has 0 bridgehead atoms.